The summed E-state index contributed by atoms with van der Waals surface area (Å²) in [6, 6.07) is 13.8. The van der Waals surface area contributed by atoms with E-state index >= 15 is 0 Å². The fraction of sp³-hybridized carbons (Fsp3) is 0.412. The Morgan fingerprint density at radius 2 is 1.95 bits per heavy atom. The summed E-state index contributed by atoms with van der Waals surface area (Å²) in [6.45, 7) is 4.65. The molecule has 0 saturated heterocycles. The van der Waals surface area contributed by atoms with Gasteiger partial charge in [0.2, 0.25) is 0 Å². The quantitative estimate of drug-likeness (QED) is 0.870. The summed E-state index contributed by atoms with van der Waals surface area (Å²) in [5.74, 6) is 1.83. The molecule has 1 aliphatic rings. The third kappa shape index (κ3) is 2.17. The first kappa shape index (κ1) is 13.0. The summed E-state index contributed by atoms with van der Waals surface area (Å²) in [5, 5.41) is 6.99. The van der Waals surface area contributed by atoms with Crippen LogP contribution in [0.2, 0.25) is 0 Å². The van der Waals surface area contributed by atoms with Crippen molar-refractivity contribution in [3.63, 3.8) is 0 Å². The van der Waals surface area contributed by atoms with Gasteiger partial charge in [0.1, 0.15) is 0 Å². The van der Waals surface area contributed by atoms with E-state index < -0.39 is 0 Å². The highest BCUT2D eigenvalue weighted by molar-refractivity contribution is 7.99. The fourth-order valence-electron chi connectivity index (χ4n) is 3.16. The molecule has 1 N–H and O–H groups in total. The Balaban J connectivity index is 2.15. The van der Waals surface area contributed by atoms with Gasteiger partial charge in [0.05, 0.1) is 0 Å². The molecular formula is C17H21NS. The molecule has 2 heteroatoms. The highest BCUT2D eigenvalue weighted by atomic mass is 32.2. The summed E-state index contributed by atoms with van der Waals surface area (Å²) in [6.07, 6.45) is 0. The highest BCUT2D eigenvalue weighted by Gasteiger charge is 2.31. The summed E-state index contributed by atoms with van der Waals surface area (Å²) in [5.41, 5.74) is 3.03. The minimum absolute atomic E-state index is 0.471. The van der Waals surface area contributed by atoms with Crippen LogP contribution in [0.4, 0.5) is 0 Å². The monoisotopic (exact) mass is 271 g/mol. The number of hydrogen-bond acceptors (Lipinski definition) is 2. The van der Waals surface area contributed by atoms with E-state index in [0.29, 0.717) is 17.2 Å². The van der Waals surface area contributed by atoms with Gasteiger partial charge in [-0.1, -0.05) is 50.2 Å². The van der Waals surface area contributed by atoms with Gasteiger partial charge in [0.25, 0.3) is 0 Å². The van der Waals surface area contributed by atoms with Gasteiger partial charge in [-0.2, -0.15) is 11.8 Å². The van der Waals surface area contributed by atoms with Gasteiger partial charge >= 0.3 is 0 Å². The molecule has 0 aliphatic carbocycles. The molecule has 1 nitrogen and oxygen atoms in total. The van der Waals surface area contributed by atoms with Crippen molar-refractivity contribution in [3.05, 3.63) is 47.5 Å². The lowest BCUT2D eigenvalue weighted by Crippen LogP contribution is -2.34. The lowest BCUT2D eigenvalue weighted by molar-refractivity contribution is 0.466. The van der Waals surface area contributed by atoms with Gasteiger partial charge in [-0.15, -0.1) is 0 Å². The molecule has 3 rings (SSSR count). The Bertz CT molecular complexity index is 591. The first-order valence-corrected chi connectivity index (χ1v) is 8.06. The van der Waals surface area contributed by atoms with E-state index in [1.807, 2.05) is 0 Å². The summed E-state index contributed by atoms with van der Waals surface area (Å²) < 4.78 is 0. The predicted molar refractivity (Wildman–Crippen MR) is 85.7 cm³/mol. The molecule has 100 valence electrons. The summed E-state index contributed by atoms with van der Waals surface area (Å²) >= 11 is 2.10. The topological polar surface area (TPSA) is 12.0 Å². The van der Waals surface area contributed by atoms with Crippen molar-refractivity contribution in [3.8, 4) is 0 Å². The Morgan fingerprint density at radius 1 is 1.16 bits per heavy atom. The number of nitrogens with one attached hydrogen (secondary N) is 1. The molecule has 0 saturated carbocycles. The van der Waals surface area contributed by atoms with Crippen molar-refractivity contribution in [2.75, 3.05) is 7.05 Å². The molecule has 1 heterocycles. The zero-order chi connectivity index (χ0) is 13.4. The van der Waals surface area contributed by atoms with Crippen LogP contribution in [0.3, 0.4) is 0 Å². The van der Waals surface area contributed by atoms with Crippen LogP contribution in [0, 0.1) is 5.92 Å². The Hall–Kier alpha value is -0.990. The Morgan fingerprint density at radius 3 is 2.68 bits per heavy atom. The first-order chi connectivity index (χ1) is 9.22. The molecule has 2 atom stereocenters. The van der Waals surface area contributed by atoms with Crippen LogP contribution in [-0.4, -0.2) is 12.3 Å². The van der Waals surface area contributed by atoms with Crippen LogP contribution in [0.1, 0.15) is 31.0 Å². The molecule has 0 fully saturated rings. The van der Waals surface area contributed by atoms with Crippen LogP contribution in [0.15, 0.2) is 36.4 Å². The van der Waals surface area contributed by atoms with Gasteiger partial charge in [-0.3, -0.25) is 0 Å². The molecule has 2 unspecified atom stereocenters. The number of fused-ring (bicyclic) bond motifs is 3. The molecule has 0 aromatic heterocycles. The molecule has 0 amide bonds. The van der Waals surface area contributed by atoms with Gasteiger partial charge in [0.15, 0.2) is 0 Å². The van der Waals surface area contributed by atoms with E-state index in [-0.39, 0.29) is 0 Å². The fourth-order valence-corrected chi connectivity index (χ4v) is 4.70. The predicted octanol–water partition coefficient (Wildman–Crippen LogP) is 4.37. The zero-order valence-corrected chi connectivity index (χ0v) is 12.6. The van der Waals surface area contributed by atoms with Crippen LogP contribution in [0.25, 0.3) is 10.8 Å². The molecule has 1 aliphatic heterocycles. The second-order valence-corrected chi connectivity index (χ2v) is 6.81. The Labute approximate surface area is 119 Å². The average molecular weight is 271 g/mol. The SMILES string of the molecule is CNC1c2ccc3ccccc3c2CSC1C(C)C. The van der Waals surface area contributed by atoms with Crippen LogP contribution in [-0.2, 0) is 5.75 Å². The maximum atomic E-state index is 3.54. The normalized spacial score (nSPS) is 22.7. The van der Waals surface area contributed by atoms with Crippen molar-refractivity contribution < 1.29 is 0 Å². The van der Waals surface area contributed by atoms with Crippen LogP contribution in [0.5, 0.6) is 0 Å². The van der Waals surface area contributed by atoms with Gasteiger partial charge in [-0.25, -0.2) is 0 Å². The lowest BCUT2D eigenvalue weighted by Gasteiger charge is -2.36. The first-order valence-electron chi connectivity index (χ1n) is 7.01. The second kappa shape index (κ2) is 5.18. The van der Waals surface area contributed by atoms with Crippen molar-refractivity contribution in [2.45, 2.75) is 30.9 Å². The third-order valence-electron chi connectivity index (χ3n) is 4.13. The van der Waals surface area contributed by atoms with Crippen molar-refractivity contribution in [1.29, 1.82) is 0 Å². The molecule has 2 aromatic rings. The largest absolute Gasteiger partial charge is 0.312 e. The smallest absolute Gasteiger partial charge is 0.0444 e. The number of benzene rings is 2. The molecule has 0 spiro atoms. The number of rotatable bonds is 2. The van der Waals surface area contributed by atoms with E-state index in [4.69, 9.17) is 0 Å². The van der Waals surface area contributed by atoms with Crippen LogP contribution >= 0.6 is 11.8 Å². The average Bonchev–Trinajstić information content (AvgIpc) is 2.45. The summed E-state index contributed by atoms with van der Waals surface area (Å²) in [4.78, 5) is 0. The minimum atomic E-state index is 0.471. The van der Waals surface area contributed by atoms with Gasteiger partial charge in [-0.05, 0) is 34.9 Å². The molecule has 19 heavy (non-hydrogen) atoms. The number of hydrogen-bond donors (Lipinski definition) is 1. The van der Waals surface area contributed by atoms with E-state index in [0.717, 1.165) is 5.75 Å². The van der Waals surface area contributed by atoms with Crippen molar-refractivity contribution >= 4 is 22.5 Å². The number of thioether (sulfide) groups is 1. The summed E-state index contributed by atoms with van der Waals surface area (Å²) in [7, 11) is 2.09. The lowest BCUT2D eigenvalue weighted by atomic mass is 9.90. The van der Waals surface area contributed by atoms with Gasteiger partial charge < -0.3 is 5.32 Å². The van der Waals surface area contributed by atoms with E-state index in [2.05, 4.69) is 74.4 Å². The molecule has 0 bridgehead atoms. The van der Waals surface area contributed by atoms with Crippen molar-refractivity contribution in [2.24, 2.45) is 5.92 Å². The molecule has 2 aromatic carbocycles. The minimum Gasteiger partial charge on any atom is -0.312 e. The second-order valence-electron chi connectivity index (χ2n) is 5.64. The maximum absolute atomic E-state index is 3.54. The molecule has 0 radical (unpaired) electrons. The van der Waals surface area contributed by atoms with Gasteiger partial charge in [0, 0.05) is 17.0 Å². The highest BCUT2D eigenvalue weighted by Crippen LogP contribution is 2.43. The third-order valence-corrected chi connectivity index (χ3v) is 5.79. The maximum Gasteiger partial charge on any atom is 0.0444 e. The Kier molecular flexibility index (Phi) is 3.55. The van der Waals surface area contributed by atoms with Crippen LogP contribution < -0.4 is 5.32 Å². The van der Waals surface area contributed by atoms with E-state index in [9.17, 15) is 0 Å². The zero-order valence-electron chi connectivity index (χ0n) is 11.8. The standard InChI is InChI=1S/C17H21NS/c1-11(2)17-16(18-3)14-9-8-12-6-4-5-7-13(12)15(14)10-19-17/h4-9,11,16-18H,10H2,1-3H3. The van der Waals surface area contributed by atoms with E-state index in [1.54, 1.807) is 0 Å². The van der Waals surface area contributed by atoms with E-state index in [1.165, 1.54) is 21.9 Å². The van der Waals surface area contributed by atoms with Crippen molar-refractivity contribution in [1.82, 2.24) is 5.32 Å². The molecular weight excluding hydrogens is 250 g/mol.